The van der Waals surface area contributed by atoms with Crippen LogP contribution in [0.5, 0.6) is 0 Å². The topological polar surface area (TPSA) is 158 Å². The van der Waals surface area contributed by atoms with Crippen LogP contribution in [-0.2, 0) is 47.1 Å². The number of ether oxygens (including phenoxy) is 5. The molecule has 2 amide bonds. The molecule has 0 spiro atoms. The maximum atomic E-state index is 11.5. The van der Waals surface area contributed by atoms with Crippen molar-refractivity contribution in [2.75, 3.05) is 73.1 Å². The Kier molecular flexibility index (Phi) is 29.8. The maximum absolute atomic E-state index is 11.5. The molecule has 0 atom stereocenters. The highest BCUT2D eigenvalue weighted by Gasteiger charge is 2.32. The molecular formula is C33H64N2O12Si2. The summed E-state index contributed by atoms with van der Waals surface area (Å²) < 4.78 is 37.0. The van der Waals surface area contributed by atoms with Crippen LogP contribution in [0.1, 0.15) is 54.4 Å². The third-order valence-electron chi connectivity index (χ3n) is 6.65. The Labute approximate surface area is 297 Å². The van der Waals surface area contributed by atoms with E-state index in [0.29, 0.717) is 43.7 Å². The number of esters is 1. The molecular weight excluding hydrogens is 673 g/mol. The lowest BCUT2D eigenvalue weighted by Gasteiger charge is -2.38. The van der Waals surface area contributed by atoms with E-state index in [9.17, 15) is 14.4 Å². The average Bonchev–Trinajstić information content (AvgIpc) is 3.03. The first kappa shape index (κ1) is 48.4. The number of nitrogens with one attached hydrogen (secondary N) is 2. The maximum Gasteiger partial charge on any atom is 0.407 e. The van der Waals surface area contributed by atoms with Crippen LogP contribution < -0.4 is 10.6 Å². The van der Waals surface area contributed by atoms with Crippen LogP contribution in [0.2, 0.25) is 25.2 Å². The van der Waals surface area contributed by atoms with Gasteiger partial charge < -0.3 is 48.1 Å². The number of alkyl carbamates (subject to hydrolysis) is 2. The van der Waals surface area contributed by atoms with Gasteiger partial charge in [-0.05, 0) is 64.7 Å². The molecule has 0 bridgehead atoms. The molecule has 0 unspecified atom stereocenters. The summed E-state index contributed by atoms with van der Waals surface area (Å²) in [7, 11) is -0.366. The van der Waals surface area contributed by atoms with Crippen molar-refractivity contribution in [2.45, 2.75) is 85.2 Å². The lowest BCUT2D eigenvalue weighted by atomic mass is 9.95. The second-order valence-electron chi connectivity index (χ2n) is 12.3. The first-order valence-corrected chi connectivity index (χ1v) is 21.4. The minimum Gasteiger partial charge on any atom is -0.460 e. The number of carbonyl (C=O) groups is 3. The van der Waals surface area contributed by atoms with Crippen molar-refractivity contribution >= 4 is 36.2 Å². The van der Waals surface area contributed by atoms with Crippen molar-refractivity contribution in [1.29, 1.82) is 0 Å². The van der Waals surface area contributed by atoms with Crippen LogP contribution in [0.4, 0.5) is 9.59 Å². The van der Waals surface area contributed by atoms with Crippen molar-refractivity contribution < 1.29 is 56.7 Å². The molecule has 286 valence electrons. The second kappa shape index (κ2) is 30.2. The summed E-state index contributed by atoms with van der Waals surface area (Å²) in [6.07, 6.45) is 0.841. The van der Waals surface area contributed by atoms with E-state index in [4.69, 9.17) is 42.3 Å². The van der Waals surface area contributed by atoms with E-state index >= 15 is 0 Å². The summed E-state index contributed by atoms with van der Waals surface area (Å²) in [5, 5.41) is 5.01. The van der Waals surface area contributed by atoms with Gasteiger partial charge in [0.25, 0.3) is 0 Å². The normalized spacial score (nSPS) is 11.3. The van der Waals surface area contributed by atoms with E-state index in [1.807, 2.05) is 0 Å². The van der Waals surface area contributed by atoms with E-state index in [1.165, 1.54) is 0 Å². The van der Waals surface area contributed by atoms with Crippen LogP contribution in [0, 0.1) is 5.92 Å². The standard InChI is InChI=1S/C20H39NO6Si.C13H25NO6Si/c1-16(2)18(22)25-12-10-21-19(23)26-14-13-24-11-9-15-28(7,8)27-20(5,6)17(3)4;1-4-12(2)20-19-8-6-14-13(15)18-10-9-17-7-5-11-21-16-3/h17H,1,9-15H2,2-8H3,(H,21,23);1,5-11,21H2,2-3H3,(H,14,15). The molecule has 0 aliphatic rings. The molecule has 0 aliphatic carbocycles. The average molecular weight is 737 g/mol. The van der Waals surface area contributed by atoms with Crippen molar-refractivity contribution in [3.8, 4) is 0 Å². The molecule has 0 saturated heterocycles. The first-order chi connectivity index (χ1) is 23.1. The molecule has 0 heterocycles. The van der Waals surface area contributed by atoms with Gasteiger partial charge >= 0.3 is 18.2 Å². The fourth-order valence-corrected chi connectivity index (χ4v) is 6.85. The number of hydrogen-bond donors (Lipinski definition) is 2. The van der Waals surface area contributed by atoms with Crippen molar-refractivity contribution in [2.24, 2.45) is 5.92 Å². The summed E-state index contributed by atoms with van der Waals surface area (Å²) in [4.78, 5) is 43.4. The molecule has 0 aromatic carbocycles. The lowest BCUT2D eigenvalue weighted by molar-refractivity contribution is -0.259. The summed E-state index contributed by atoms with van der Waals surface area (Å²) >= 11 is 0. The van der Waals surface area contributed by atoms with Gasteiger partial charge in [0.05, 0.1) is 25.4 Å². The SMILES string of the molecule is C=C(C)C(=O)OCCNC(=O)OCCOCCC[Si](C)(C)OC(C)(C)C(C)C.C=C=C(C)OOCCNC(=O)OCCOCCC[SiH2]OC. The highest BCUT2D eigenvalue weighted by atomic mass is 28.4. The lowest BCUT2D eigenvalue weighted by Crippen LogP contribution is -2.43. The molecule has 49 heavy (non-hydrogen) atoms. The van der Waals surface area contributed by atoms with Gasteiger partial charge in [-0.25, -0.2) is 14.4 Å². The Bertz CT molecular complexity index is 973. The van der Waals surface area contributed by atoms with Gasteiger partial charge in [0.2, 0.25) is 0 Å². The van der Waals surface area contributed by atoms with E-state index in [0.717, 1.165) is 24.9 Å². The number of amides is 2. The van der Waals surface area contributed by atoms with Gasteiger partial charge in [-0.1, -0.05) is 32.7 Å². The van der Waals surface area contributed by atoms with Crippen molar-refractivity contribution in [3.63, 3.8) is 0 Å². The van der Waals surface area contributed by atoms with Gasteiger partial charge in [0, 0.05) is 39.4 Å². The molecule has 0 rings (SSSR count). The molecule has 14 nitrogen and oxygen atoms in total. The quantitative estimate of drug-likeness (QED) is 0.0137. The Hall–Kier alpha value is -2.70. The zero-order valence-electron chi connectivity index (χ0n) is 31.5. The fourth-order valence-electron chi connectivity index (χ4n) is 3.40. The van der Waals surface area contributed by atoms with Gasteiger partial charge in [-0.15, -0.1) is 0 Å². The van der Waals surface area contributed by atoms with E-state index in [-0.39, 0.29) is 54.9 Å². The summed E-state index contributed by atoms with van der Waals surface area (Å²) in [6, 6.07) is 2.12. The molecule has 0 radical (unpaired) electrons. The largest absolute Gasteiger partial charge is 0.460 e. The fraction of sp³-hybridized carbons (Fsp3) is 0.758. The minimum atomic E-state index is -1.74. The van der Waals surface area contributed by atoms with E-state index < -0.39 is 26.5 Å². The Morgan fingerprint density at radius 1 is 0.837 bits per heavy atom. The molecule has 0 aromatic heterocycles. The third kappa shape index (κ3) is 32.3. The number of hydrogen-bond acceptors (Lipinski definition) is 12. The number of carbonyl (C=O) groups excluding carboxylic acids is 3. The van der Waals surface area contributed by atoms with Crippen LogP contribution >= 0.6 is 0 Å². The zero-order chi connectivity index (χ0) is 37.6. The predicted molar refractivity (Wildman–Crippen MR) is 193 cm³/mol. The van der Waals surface area contributed by atoms with Gasteiger partial charge in [-0.3, -0.25) is 0 Å². The summed E-state index contributed by atoms with van der Waals surface area (Å²) in [5.41, 5.74) is 2.72. The second-order valence-corrected chi connectivity index (χ2v) is 18.2. The minimum absolute atomic E-state index is 0.0760. The summed E-state index contributed by atoms with van der Waals surface area (Å²) in [5.74, 6) is 0.424. The third-order valence-corrected chi connectivity index (χ3v) is 10.5. The Balaban J connectivity index is 0. The number of rotatable bonds is 27. The van der Waals surface area contributed by atoms with Crippen LogP contribution in [0.25, 0.3) is 0 Å². The molecule has 0 fully saturated rings. The highest BCUT2D eigenvalue weighted by molar-refractivity contribution is 6.71. The van der Waals surface area contributed by atoms with E-state index in [1.54, 1.807) is 21.0 Å². The molecule has 0 aliphatic heterocycles. The van der Waals surface area contributed by atoms with Gasteiger partial charge in [-0.2, -0.15) is 4.89 Å². The zero-order valence-corrected chi connectivity index (χ0v) is 33.9. The Morgan fingerprint density at radius 3 is 1.90 bits per heavy atom. The predicted octanol–water partition coefficient (Wildman–Crippen LogP) is 4.80. The van der Waals surface area contributed by atoms with Gasteiger partial charge in [0.15, 0.2) is 23.8 Å². The monoisotopic (exact) mass is 736 g/mol. The van der Waals surface area contributed by atoms with Crippen LogP contribution in [0.15, 0.2) is 30.2 Å². The summed E-state index contributed by atoms with van der Waals surface area (Å²) in [6.45, 7) is 26.4. The molecule has 2 N–H and O–H groups in total. The van der Waals surface area contributed by atoms with Crippen LogP contribution in [0.3, 0.4) is 0 Å². The molecule has 0 saturated carbocycles. The Morgan fingerprint density at radius 2 is 1.39 bits per heavy atom. The van der Waals surface area contributed by atoms with Crippen molar-refractivity contribution in [1.82, 2.24) is 10.6 Å². The van der Waals surface area contributed by atoms with E-state index in [2.05, 4.69) is 70.3 Å². The highest BCUT2D eigenvalue weighted by Crippen LogP contribution is 2.27. The van der Waals surface area contributed by atoms with Gasteiger partial charge in [0.1, 0.15) is 26.4 Å². The number of allylic oxidation sites excluding steroid dienone is 1. The van der Waals surface area contributed by atoms with Crippen LogP contribution in [-0.4, -0.2) is 115 Å². The smallest absolute Gasteiger partial charge is 0.407 e. The first-order valence-electron chi connectivity index (χ1n) is 16.7. The molecule has 0 aromatic rings. The van der Waals surface area contributed by atoms with Crippen molar-refractivity contribution in [3.05, 3.63) is 30.2 Å². The molecule has 16 heteroatoms.